The molecule has 0 aromatic carbocycles. The zero-order valence-electron chi connectivity index (χ0n) is 7.84. The van der Waals surface area contributed by atoms with Crippen molar-refractivity contribution >= 4 is 5.97 Å². The van der Waals surface area contributed by atoms with Crippen LogP contribution >= 0.6 is 0 Å². The first kappa shape index (κ1) is 12.2. The Labute approximate surface area is 86.8 Å². The quantitative estimate of drug-likeness (QED) is 0.584. The third-order valence-corrected chi connectivity index (χ3v) is 1.44. The minimum absolute atomic E-state index is 0.311. The molecule has 0 saturated carbocycles. The minimum atomic E-state index is -5.04. The summed E-state index contributed by atoms with van der Waals surface area (Å²) in [6, 6.07) is 0.542. The normalized spacial score (nSPS) is 11.1. The molecule has 0 saturated heterocycles. The first-order valence-electron chi connectivity index (χ1n) is 3.83. The van der Waals surface area contributed by atoms with E-state index < -0.39 is 24.0 Å². The predicted molar refractivity (Wildman–Crippen MR) is 42.2 cm³/mol. The Morgan fingerprint density at radius 2 is 2.06 bits per heavy atom. The Morgan fingerprint density at radius 1 is 1.44 bits per heavy atom. The van der Waals surface area contributed by atoms with Crippen LogP contribution in [0.1, 0.15) is 10.4 Å². The Balaban J connectivity index is 2.96. The van der Waals surface area contributed by atoms with Crippen LogP contribution in [0.4, 0.5) is 17.6 Å². The van der Waals surface area contributed by atoms with Gasteiger partial charge < -0.3 is 9.47 Å². The number of halogens is 4. The summed E-state index contributed by atoms with van der Waals surface area (Å²) in [6.45, 7) is 0. The van der Waals surface area contributed by atoms with Gasteiger partial charge in [0, 0.05) is 6.20 Å². The summed E-state index contributed by atoms with van der Waals surface area (Å²) in [5.41, 5.74) is -0.311. The van der Waals surface area contributed by atoms with Crippen molar-refractivity contribution in [2.24, 2.45) is 0 Å². The lowest BCUT2D eigenvalue weighted by molar-refractivity contribution is -0.277. The number of ether oxygens (including phenoxy) is 2. The summed E-state index contributed by atoms with van der Waals surface area (Å²) in [5.74, 6) is -3.56. The number of aromatic nitrogens is 1. The van der Waals surface area contributed by atoms with E-state index in [1.165, 1.54) is 0 Å². The molecule has 0 fully saturated rings. The Bertz CT molecular complexity index is 405. The van der Waals surface area contributed by atoms with Crippen LogP contribution in [0.2, 0.25) is 0 Å². The van der Waals surface area contributed by atoms with E-state index in [2.05, 4.69) is 14.5 Å². The topological polar surface area (TPSA) is 48.4 Å². The Morgan fingerprint density at radius 3 is 2.50 bits per heavy atom. The molecule has 0 unspecified atom stereocenters. The van der Waals surface area contributed by atoms with Crippen molar-refractivity contribution in [3.8, 4) is 5.88 Å². The number of carbonyl (C=O) groups excluding carboxylic acids is 1. The number of rotatable bonds is 2. The molecular formula is C8H5F4NO3. The zero-order valence-corrected chi connectivity index (χ0v) is 7.84. The average Bonchev–Trinajstić information content (AvgIpc) is 2.18. The van der Waals surface area contributed by atoms with Crippen LogP contribution in [-0.4, -0.2) is 24.4 Å². The molecule has 0 aliphatic carbocycles. The number of hydrogen-bond acceptors (Lipinski definition) is 4. The number of hydrogen-bond donors (Lipinski definition) is 0. The summed E-state index contributed by atoms with van der Waals surface area (Å²) in [7, 11) is 1.04. The van der Waals surface area contributed by atoms with Gasteiger partial charge in [-0.25, -0.2) is 14.2 Å². The summed E-state index contributed by atoms with van der Waals surface area (Å²) in [6.07, 6.45) is -4.32. The number of carbonyl (C=O) groups is 1. The second-order valence-electron chi connectivity index (χ2n) is 2.55. The van der Waals surface area contributed by atoms with Gasteiger partial charge in [0.2, 0.25) is 0 Å². The molecule has 0 N–H and O–H groups in total. The second-order valence-corrected chi connectivity index (χ2v) is 2.55. The van der Waals surface area contributed by atoms with E-state index in [0.717, 1.165) is 13.3 Å². The predicted octanol–water partition coefficient (Wildman–Crippen LogP) is 1.91. The molecule has 0 atom stereocenters. The maximum atomic E-state index is 13.0. The fraction of sp³-hybridized carbons (Fsp3) is 0.250. The Kier molecular flexibility index (Phi) is 3.31. The van der Waals surface area contributed by atoms with Crippen LogP contribution < -0.4 is 4.74 Å². The highest BCUT2D eigenvalue weighted by Crippen LogP contribution is 2.23. The van der Waals surface area contributed by atoms with E-state index in [1.54, 1.807) is 0 Å². The molecule has 0 spiro atoms. The third-order valence-electron chi connectivity index (χ3n) is 1.44. The standard InChI is InChI=1S/C8H5F4NO3/c1-15-7(14)4-2-5(9)6(13-3-4)16-8(10,11)12/h2-3H,1H3. The smallest absolute Gasteiger partial charge is 0.465 e. The molecule has 0 aliphatic rings. The van der Waals surface area contributed by atoms with Crippen molar-refractivity contribution < 1.29 is 31.8 Å². The first-order chi connectivity index (χ1) is 7.33. The Hall–Kier alpha value is -1.86. The first-order valence-corrected chi connectivity index (χ1v) is 3.83. The largest absolute Gasteiger partial charge is 0.574 e. The van der Waals surface area contributed by atoms with Gasteiger partial charge >= 0.3 is 12.3 Å². The number of alkyl halides is 3. The number of nitrogens with zero attached hydrogens (tertiary/aromatic N) is 1. The summed E-state index contributed by atoms with van der Waals surface area (Å²) in [5, 5.41) is 0. The van der Waals surface area contributed by atoms with Gasteiger partial charge in [0.25, 0.3) is 5.88 Å². The van der Waals surface area contributed by atoms with Crippen LogP contribution in [0, 0.1) is 5.82 Å². The van der Waals surface area contributed by atoms with E-state index >= 15 is 0 Å². The number of pyridine rings is 1. The maximum Gasteiger partial charge on any atom is 0.574 e. The highest BCUT2D eigenvalue weighted by Gasteiger charge is 2.33. The lowest BCUT2D eigenvalue weighted by atomic mass is 10.3. The van der Waals surface area contributed by atoms with Gasteiger partial charge in [-0.05, 0) is 6.07 Å². The lowest BCUT2D eigenvalue weighted by Crippen LogP contribution is -2.19. The average molecular weight is 239 g/mol. The summed E-state index contributed by atoms with van der Waals surface area (Å²) < 4.78 is 55.6. The molecule has 0 amide bonds. The molecule has 8 heteroatoms. The summed E-state index contributed by atoms with van der Waals surface area (Å²) >= 11 is 0. The number of methoxy groups -OCH3 is 1. The molecule has 0 aliphatic heterocycles. The van der Waals surface area contributed by atoms with Crippen molar-refractivity contribution in [2.75, 3.05) is 7.11 Å². The highest BCUT2D eigenvalue weighted by molar-refractivity contribution is 5.88. The van der Waals surface area contributed by atoms with Crippen LogP contribution in [0.25, 0.3) is 0 Å². The second kappa shape index (κ2) is 4.33. The fourth-order valence-corrected chi connectivity index (χ4v) is 0.840. The number of esters is 1. The van der Waals surface area contributed by atoms with Gasteiger partial charge in [-0.1, -0.05) is 0 Å². The van der Waals surface area contributed by atoms with Crippen molar-refractivity contribution in [3.63, 3.8) is 0 Å². The molecule has 4 nitrogen and oxygen atoms in total. The molecule has 0 bridgehead atoms. The van der Waals surface area contributed by atoms with E-state index in [9.17, 15) is 22.4 Å². The van der Waals surface area contributed by atoms with E-state index in [4.69, 9.17) is 0 Å². The van der Waals surface area contributed by atoms with Crippen LogP contribution in [0.15, 0.2) is 12.3 Å². The third kappa shape index (κ3) is 3.07. The molecule has 16 heavy (non-hydrogen) atoms. The van der Waals surface area contributed by atoms with Crippen molar-refractivity contribution in [3.05, 3.63) is 23.6 Å². The van der Waals surface area contributed by atoms with Gasteiger partial charge in [-0.3, -0.25) is 0 Å². The minimum Gasteiger partial charge on any atom is -0.465 e. The lowest BCUT2D eigenvalue weighted by Gasteiger charge is -2.08. The van der Waals surface area contributed by atoms with Crippen molar-refractivity contribution in [1.29, 1.82) is 0 Å². The highest BCUT2D eigenvalue weighted by atomic mass is 19.4. The van der Waals surface area contributed by atoms with Gasteiger partial charge in [-0.15, -0.1) is 13.2 Å². The molecule has 88 valence electrons. The van der Waals surface area contributed by atoms with Crippen LogP contribution in [0.5, 0.6) is 5.88 Å². The molecule has 1 rings (SSSR count). The van der Waals surface area contributed by atoms with Crippen molar-refractivity contribution in [1.82, 2.24) is 4.98 Å². The van der Waals surface area contributed by atoms with E-state index in [1.807, 2.05) is 0 Å². The summed E-state index contributed by atoms with van der Waals surface area (Å²) in [4.78, 5) is 13.9. The monoisotopic (exact) mass is 239 g/mol. The maximum absolute atomic E-state index is 13.0. The van der Waals surface area contributed by atoms with Crippen LogP contribution in [-0.2, 0) is 4.74 Å². The van der Waals surface area contributed by atoms with E-state index in [0.29, 0.717) is 6.07 Å². The SMILES string of the molecule is COC(=O)c1cnc(OC(F)(F)F)c(F)c1. The van der Waals surface area contributed by atoms with Crippen molar-refractivity contribution in [2.45, 2.75) is 6.36 Å². The van der Waals surface area contributed by atoms with Gasteiger partial charge in [0.15, 0.2) is 5.82 Å². The van der Waals surface area contributed by atoms with Gasteiger partial charge in [0.1, 0.15) is 0 Å². The van der Waals surface area contributed by atoms with E-state index in [-0.39, 0.29) is 5.56 Å². The van der Waals surface area contributed by atoms with Gasteiger partial charge in [-0.2, -0.15) is 0 Å². The zero-order chi connectivity index (χ0) is 12.3. The van der Waals surface area contributed by atoms with Gasteiger partial charge in [0.05, 0.1) is 12.7 Å². The molecule has 0 radical (unpaired) electrons. The fourth-order valence-electron chi connectivity index (χ4n) is 0.840. The molecular weight excluding hydrogens is 234 g/mol. The molecule has 1 aromatic heterocycles. The molecule has 1 aromatic rings. The molecule has 1 heterocycles. The van der Waals surface area contributed by atoms with Crippen LogP contribution in [0.3, 0.4) is 0 Å².